The number of hydrogen-bond acceptors (Lipinski definition) is 7. The molecule has 8 nitrogen and oxygen atoms in total. The van der Waals surface area contributed by atoms with E-state index in [1.54, 1.807) is 23.6 Å². The van der Waals surface area contributed by atoms with Gasteiger partial charge in [0.25, 0.3) is 15.6 Å². The minimum atomic E-state index is -3.60. The van der Waals surface area contributed by atoms with Crippen molar-refractivity contribution >= 4 is 48.8 Å². The van der Waals surface area contributed by atoms with Gasteiger partial charge in [-0.15, -0.1) is 22.7 Å². The van der Waals surface area contributed by atoms with Crippen molar-refractivity contribution in [1.82, 2.24) is 14.0 Å². The molecular formula is C18H20N4O4S3. The summed E-state index contributed by atoms with van der Waals surface area (Å²) in [6, 6.07) is 5.05. The molecule has 0 spiro atoms. The van der Waals surface area contributed by atoms with Crippen LogP contribution in [0.4, 0.5) is 0 Å². The van der Waals surface area contributed by atoms with Crippen molar-refractivity contribution in [2.45, 2.75) is 30.4 Å². The van der Waals surface area contributed by atoms with Gasteiger partial charge in [-0.3, -0.25) is 15.0 Å². The fourth-order valence-electron chi connectivity index (χ4n) is 3.35. The number of thiophene rings is 2. The number of carbonyl (C=O) groups excluding carboxylic acids is 1. The lowest BCUT2D eigenvalue weighted by Gasteiger charge is -2.30. The largest absolute Gasteiger partial charge is 0.280 e. The second-order valence-corrected chi connectivity index (χ2v) is 11.0. The van der Waals surface area contributed by atoms with Crippen molar-refractivity contribution < 1.29 is 13.2 Å². The SMILES string of the molecule is CCc1cc2c(=O)n(NC(=O)[C@@H]3CCCN(S(=O)(=O)c4cccs4)C3)cnc2s1. The van der Waals surface area contributed by atoms with E-state index in [-0.39, 0.29) is 22.2 Å². The molecular weight excluding hydrogens is 432 g/mol. The number of sulfonamides is 1. The van der Waals surface area contributed by atoms with Crippen LogP contribution in [0.3, 0.4) is 0 Å². The number of piperidine rings is 1. The Morgan fingerprint density at radius 3 is 2.97 bits per heavy atom. The van der Waals surface area contributed by atoms with E-state index >= 15 is 0 Å². The van der Waals surface area contributed by atoms with E-state index in [0.29, 0.717) is 29.6 Å². The molecule has 4 heterocycles. The maximum Gasteiger partial charge on any atom is 0.280 e. The average Bonchev–Trinajstić information content (AvgIpc) is 3.40. The van der Waals surface area contributed by atoms with Gasteiger partial charge in [0.2, 0.25) is 5.91 Å². The zero-order valence-corrected chi connectivity index (χ0v) is 18.1. The van der Waals surface area contributed by atoms with Crippen LogP contribution in [0.1, 0.15) is 24.6 Å². The molecule has 1 saturated heterocycles. The van der Waals surface area contributed by atoms with E-state index in [4.69, 9.17) is 0 Å². The van der Waals surface area contributed by atoms with Crippen LogP contribution >= 0.6 is 22.7 Å². The van der Waals surface area contributed by atoms with Crippen LogP contribution in [-0.2, 0) is 21.2 Å². The fraction of sp³-hybridized carbons (Fsp3) is 0.389. The number of nitrogens with one attached hydrogen (secondary N) is 1. The zero-order chi connectivity index (χ0) is 20.6. The topological polar surface area (TPSA) is 101 Å². The molecule has 11 heteroatoms. The second kappa shape index (κ2) is 7.98. The van der Waals surface area contributed by atoms with Crippen molar-refractivity contribution in [3.8, 4) is 0 Å². The first-order valence-electron chi connectivity index (χ1n) is 9.24. The summed E-state index contributed by atoms with van der Waals surface area (Å²) in [6.07, 6.45) is 3.26. The minimum absolute atomic E-state index is 0.0922. The van der Waals surface area contributed by atoms with E-state index in [2.05, 4.69) is 10.4 Å². The standard InChI is InChI=1S/C18H20N4O4S3/c1-2-13-9-14-17(28-13)19-11-22(18(14)24)20-16(23)12-5-3-7-21(10-12)29(25,26)15-6-4-8-27-15/h4,6,8-9,11-12H,2-3,5,7,10H2,1H3,(H,20,23)/t12-/m1/s1. The van der Waals surface area contributed by atoms with Crippen LogP contribution in [0, 0.1) is 5.92 Å². The Morgan fingerprint density at radius 2 is 2.24 bits per heavy atom. The molecule has 1 N–H and O–H groups in total. The predicted molar refractivity (Wildman–Crippen MR) is 113 cm³/mol. The van der Waals surface area contributed by atoms with Crippen molar-refractivity contribution in [3.05, 3.63) is 45.1 Å². The van der Waals surface area contributed by atoms with Crippen LogP contribution < -0.4 is 11.0 Å². The summed E-state index contributed by atoms with van der Waals surface area (Å²) in [5.41, 5.74) is 2.26. The molecule has 3 aromatic heterocycles. The molecule has 1 amide bonds. The van der Waals surface area contributed by atoms with Gasteiger partial charge in [0.05, 0.1) is 11.3 Å². The van der Waals surface area contributed by atoms with E-state index in [1.165, 1.54) is 22.0 Å². The smallest absolute Gasteiger partial charge is 0.273 e. The highest BCUT2D eigenvalue weighted by Crippen LogP contribution is 2.26. The first kappa shape index (κ1) is 20.2. The number of aromatic nitrogens is 2. The summed E-state index contributed by atoms with van der Waals surface area (Å²) in [7, 11) is -3.60. The third-order valence-corrected chi connectivity index (χ3v) is 9.35. The molecule has 0 aliphatic carbocycles. The number of carbonyl (C=O) groups is 1. The van der Waals surface area contributed by atoms with Crippen molar-refractivity contribution in [2.75, 3.05) is 18.5 Å². The van der Waals surface area contributed by atoms with E-state index in [1.807, 2.05) is 6.92 Å². The Morgan fingerprint density at radius 1 is 1.41 bits per heavy atom. The normalized spacial score (nSPS) is 18.2. The maximum atomic E-state index is 12.8. The lowest BCUT2D eigenvalue weighted by molar-refractivity contribution is -0.121. The third-order valence-electron chi connectivity index (χ3n) is 4.93. The molecule has 154 valence electrons. The summed E-state index contributed by atoms with van der Waals surface area (Å²) in [4.78, 5) is 31.4. The van der Waals surface area contributed by atoms with Gasteiger partial charge in [0.15, 0.2) is 0 Å². The van der Waals surface area contributed by atoms with Gasteiger partial charge in [-0.2, -0.15) is 4.31 Å². The molecule has 0 bridgehead atoms. The van der Waals surface area contributed by atoms with E-state index in [0.717, 1.165) is 27.3 Å². The Bertz CT molecular complexity index is 1200. The lowest BCUT2D eigenvalue weighted by Crippen LogP contribution is -2.45. The Hall–Kier alpha value is -2.08. The molecule has 1 aliphatic heterocycles. The first-order valence-corrected chi connectivity index (χ1v) is 12.4. The highest BCUT2D eigenvalue weighted by Gasteiger charge is 2.34. The molecule has 0 saturated carbocycles. The minimum Gasteiger partial charge on any atom is -0.273 e. The van der Waals surface area contributed by atoms with Gasteiger partial charge >= 0.3 is 0 Å². The molecule has 0 aromatic carbocycles. The summed E-state index contributed by atoms with van der Waals surface area (Å²) in [5.74, 6) is -0.917. The van der Waals surface area contributed by atoms with Gasteiger partial charge in [0, 0.05) is 18.0 Å². The number of nitrogens with zero attached hydrogens (tertiary/aromatic N) is 3. The van der Waals surface area contributed by atoms with Crippen LogP contribution in [0.5, 0.6) is 0 Å². The van der Waals surface area contributed by atoms with Gasteiger partial charge in [-0.25, -0.2) is 18.1 Å². The Kier molecular flexibility index (Phi) is 5.56. The van der Waals surface area contributed by atoms with E-state index < -0.39 is 15.9 Å². The Balaban J connectivity index is 1.52. The van der Waals surface area contributed by atoms with Crippen molar-refractivity contribution in [1.29, 1.82) is 0 Å². The highest BCUT2D eigenvalue weighted by atomic mass is 32.2. The quantitative estimate of drug-likeness (QED) is 0.640. The maximum absolute atomic E-state index is 12.8. The molecule has 1 atom stereocenters. The number of fused-ring (bicyclic) bond motifs is 1. The summed E-state index contributed by atoms with van der Waals surface area (Å²) >= 11 is 2.62. The summed E-state index contributed by atoms with van der Waals surface area (Å²) < 4.78 is 28.2. The predicted octanol–water partition coefficient (Wildman–Crippen LogP) is 2.25. The number of rotatable bonds is 5. The van der Waals surface area contributed by atoms with Crippen LogP contribution in [0.15, 0.2) is 38.9 Å². The van der Waals surface area contributed by atoms with Crippen LogP contribution in [-0.4, -0.2) is 41.4 Å². The van der Waals surface area contributed by atoms with Crippen LogP contribution in [0.2, 0.25) is 0 Å². The lowest BCUT2D eigenvalue weighted by atomic mass is 9.99. The van der Waals surface area contributed by atoms with Gasteiger partial charge in [-0.1, -0.05) is 13.0 Å². The Labute approximate surface area is 175 Å². The van der Waals surface area contributed by atoms with Crippen molar-refractivity contribution in [2.24, 2.45) is 5.92 Å². The molecule has 0 unspecified atom stereocenters. The van der Waals surface area contributed by atoms with E-state index in [9.17, 15) is 18.0 Å². The summed E-state index contributed by atoms with van der Waals surface area (Å²) in [6.45, 7) is 2.48. The summed E-state index contributed by atoms with van der Waals surface area (Å²) in [5, 5.41) is 2.19. The third kappa shape index (κ3) is 3.87. The molecule has 3 aromatic rings. The number of hydrogen-bond donors (Lipinski definition) is 1. The average molecular weight is 453 g/mol. The second-order valence-electron chi connectivity index (χ2n) is 6.82. The zero-order valence-electron chi connectivity index (χ0n) is 15.7. The van der Waals surface area contributed by atoms with Gasteiger partial charge in [-0.05, 0) is 36.8 Å². The fourth-order valence-corrected chi connectivity index (χ4v) is 6.94. The van der Waals surface area contributed by atoms with Gasteiger partial charge in [0.1, 0.15) is 15.4 Å². The van der Waals surface area contributed by atoms with Crippen molar-refractivity contribution in [3.63, 3.8) is 0 Å². The molecule has 1 aliphatic rings. The van der Waals surface area contributed by atoms with Gasteiger partial charge < -0.3 is 0 Å². The van der Waals surface area contributed by atoms with Crippen LogP contribution in [0.25, 0.3) is 10.2 Å². The number of aryl methyl sites for hydroxylation is 1. The molecule has 29 heavy (non-hydrogen) atoms. The number of amides is 1. The molecule has 1 fully saturated rings. The monoisotopic (exact) mass is 452 g/mol. The highest BCUT2D eigenvalue weighted by molar-refractivity contribution is 7.91. The molecule has 0 radical (unpaired) electrons. The molecule has 4 rings (SSSR count). The first-order chi connectivity index (χ1) is 13.9.